The van der Waals surface area contributed by atoms with Crippen molar-refractivity contribution in [1.82, 2.24) is 9.97 Å². The molecule has 3 aromatic rings. The number of aromatic nitrogens is 2. The van der Waals surface area contributed by atoms with Gasteiger partial charge in [-0.2, -0.15) is 13.2 Å². The second-order valence-corrected chi connectivity index (χ2v) is 7.02. The van der Waals surface area contributed by atoms with Crippen LogP contribution in [0.5, 0.6) is 0 Å². The molecule has 0 aliphatic rings. The molecule has 126 valence electrons. The Bertz CT molecular complexity index is 870. The smallest absolute Gasteiger partial charge is 0.397 e. The number of nitrogens with two attached hydrogens (primary N) is 1. The standard InChI is InChI=1S/C17H16F3N3S/c1-9(2)7-11-8-12(17(18,19)20)13-14(21)15(24-16(13)23-11)10-3-5-22-6-4-10/h3-6,8-9H,7,21H2,1-2H3. The number of rotatable bonds is 3. The van der Waals surface area contributed by atoms with Crippen LogP contribution >= 0.6 is 11.3 Å². The Hall–Kier alpha value is -2.15. The van der Waals surface area contributed by atoms with Crippen LogP contribution in [0.25, 0.3) is 20.7 Å². The average Bonchev–Trinajstić information content (AvgIpc) is 2.83. The molecule has 0 amide bonds. The molecule has 0 unspecified atom stereocenters. The van der Waals surface area contributed by atoms with Crippen LogP contribution in [0.3, 0.4) is 0 Å². The lowest BCUT2D eigenvalue weighted by atomic mass is 10.0. The molecule has 0 bridgehead atoms. The highest BCUT2D eigenvalue weighted by molar-refractivity contribution is 7.22. The van der Waals surface area contributed by atoms with Crippen LogP contribution in [0.15, 0.2) is 30.6 Å². The fourth-order valence-corrected chi connectivity index (χ4v) is 3.78. The zero-order valence-electron chi connectivity index (χ0n) is 13.2. The molecular formula is C17H16F3N3S. The van der Waals surface area contributed by atoms with E-state index >= 15 is 0 Å². The number of nitrogen functional groups attached to an aromatic ring is 1. The van der Waals surface area contributed by atoms with E-state index in [-0.39, 0.29) is 17.0 Å². The lowest BCUT2D eigenvalue weighted by Crippen LogP contribution is -2.09. The predicted molar refractivity (Wildman–Crippen MR) is 90.8 cm³/mol. The molecule has 0 atom stereocenters. The first-order chi connectivity index (χ1) is 11.3. The van der Waals surface area contributed by atoms with E-state index in [1.54, 1.807) is 24.5 Å². The lowest BCUT2D eigenvalue weighted by Gasteiger charge is -2.12. The summed E-state index contributed by atoms with van der Waals surface area (Å²) >= 11 is 1.18. The summed E-state index contributed by atoms with van der Waals surface area (Å²) in [6.07, 6.45) is -0.818. The van der Waals surface area contributed by atoms with Crippen molar-refractivity contribution in [3.8, 4) is 10.4 Å². The Kier molecular flexibility index (Phi) is 4.21. The molecule has 0 aliphatic heterocycles. The number of hydrogen-bond donors (Lipinski definition) is 1. The van der Waals surface area contributed by atoms with Crippen molar-refractivity contribution in [3.05, 3.63) is 41.9 Å². The maximum Gasteiger partial charge on any atom is 0.417 e. The fraction of sp³-hybridized carbons (Fsp3) is 0.294. The monoisotopic (exact) mass is 351 g/mol. The van der Waals surface area contributed by atoms with Gasteiger partial charge in [-0.1, -0.05) is 13.8 Å². The Morgan fingerprint density at radius 3 is 2.46 bits per heavy atom. The van der Waals surface area contributed by atoms with Crippen LogP contribution < -0.4 is 5.73 Å². The maximum absolute atomic E-state index is 13.5. The summed E-state index contributed by atoms with van der Waals surface area (Å²) < 4.78 is 40.6. The van der Waals surface area contributed by atoms with Gasteiger partial charge in [0.25, 0.3) is 0 Å². The van der Waals surface area contributed by atoms with Gasteiger partial charge in [0.05, 0.1) is 16.1 Å². The number of pyridine rings is 2. The topological polar surface area (TPSA) is 51.8 Å². The summed E-state index contributed by atoms with van der Waals surface area (Å²) in [6.45, 7) is 3.90. The third-order valence-electron chi connectivity index (χ3n) is 3.62. The third-order valence-corrected chi connectivity index (χ3v) is 4.77. The molecule has 0 radical (unpaired) electrons. The number of halogens is 3. The predicted octanol–water partition coefficient (Wildman–Crippen LogP) is 5.16. The molecule has 0 fully saturated rings. The maximum atomic E-state index is 13.5. The zero-order chi connectivity index (χ0) is 17.5. The molecule has 7 heteroatoms. The zero-order valence-corrected chi connectivity index (χ0v) is 14.0. The molecule has 0 spiro atoms. The quantitative estimate of drug-likeness (QED) is 0.709. The second kappa shape index (κ2) is 6.05. The first-order valence-electron chi connectivity index (χ1n) is 7.47. The van der Waals surface area contributed by atoms with Gasteiger partial charge in [-0.3, -0.25) is 4.98 Å². The van der Waals surface area contributed by atoms with E-state index in [9.17, 15) is 13.2 Å². The van der Waals surface area contributed by atoms with Crippen LogP contribution in [-0.2, 0) is 12.6 Å². The SMILES string of the molecule is CC(C)Cc1cc(C(F)(F)F)c2c(N)c(-c3ccncc3)sc2n1. The van der Waals surface area contributed by atoms with Crippen LogP contribution in [0.1, 0.15) is 25.1 Å². The van der Waals surface area contributed by atoms with Crippen molar-refractivity contribution in [1.29, 1.82) is 0 Å². The Labute approximate surface area is 141 Å². The molecule has 3 aromatic heterocycles. The summed E-state index contributed by atoms with van der Waals surface area (Å²) in [5, 5.41) is -0.00758. The van der Waals surface area contributed by atoms with Crippen molar-refractivity contribution in [2.75, 3.05) is 5.73 Å². The number of anilines is 1. The van der Waals surface area contributed by atoms with Crippen LogP contribution in [0.2, 0.25) is 0 Å². The van der Waals surface area contributed by atoms with E-state index in [2.05, 4.69) is 9.97 Å². The fourth-order valence-electron chi connectivity index (χ4n) is 2.64. The van der Waals surface area contributed by atoms with Gasteiger partial charge in [-0.05, 0) is 36.1 Å². The van der Waals surface area contributed by atoms with Crippen molar-refractivity contribution in [2.24, 2.45) is 5.92 Å². The highest BCUT2D eigenvalue weighted by Gasteiger charge is 2.35. The van der Waals surface area contributed by atoms with Crippen molar-refractivity contribution in [2.45, 2.75) is 26.4 Å². The van der Waals surface area contributed by atoms with Crippen molar-refractivity contribution in [3.63, 3.8) is 0 Å². The Morgan fingerprint density at radius 1 is 1.21 bits per heavy atom. The molecular weight excluding hydrogens is 335 g/mol. The molecule has 2 N–H and O–H groups in total. The summed E-state index contributed by atoms with van der Waals surface area (Å²) in [4.78, 5) is 9.26. The van der Waals surface area contributed by atoms with Crippen LogP contribution in [-0.4, -0.2) is 9.97 Å². The van der Waals surface area contributed by atoms with E-state index in [0.29, 0.717) is 21.8 Å². The number of fused-ring (bicyclic) bond motifs is 1. The van der Waals surface area contributed by atoms with Gasteiger partial charge >= 0.3 is 6.18 Å². The van der Waals surface area contributed by atoms with E-state index in [0.717, 1.165) is 11.6 Å². The minimum absolute atomic E-state index is 0.00758. The van der Waals surface area contributed by atoms with Gasteiger partial charge in [-0.25, -0.2) is 4.98 Å². The molecule has 3 nitrogen and oxygen atoms in total. The lowest BCUT2D eigenvalue weighted by molar-refractivity contribution is -0.136. The Balaban J connectivity index is 2.28. The molecule has 0 aromatic carbocycles. The van der Waals surface area contributed by atoms with Gasteiger partial charge < -0.3 is 5.73 Å². The van der Waals surface area contributed by atoms with E-state index in [1.165, 1.54) is 11.3 Å². The summed E-state index contributed by atoms with van der Waals surface area (Å²) in [6, 6.07) is 4.58. The van der Waals surface area contributed by atoms with Gasteiger partial charge in [0.1, 0.15) is 4.83 Å². The third kappa shape index (κ3) is 3.08. The highest BCUT2D eigenvalue weighted by atomic mass is 32.1. The van der Waals surface area contributed by atoms with Gasteiger partial charge in [-0.15, -0.1) is 11.3 Å². The number of alkyl halides is 3. The molecule has 3 heterocycles. The van der Waals surface area contributed by atoms with Gasteiger partial charge in [0, 0.05) is 23.5 Å². The summed E-state index contributed by atoms with van der Waals surface area (Å²) in [5.74, 6) is 0.216. The molecule has 0 saturated carbocycles. The molecule has 0 aliphatic carbocycles. The van der Waals surface area contributed by atoms with E-state index in [1.807, 2.05) is 13.8 Å². The van der Waals surface area contributed by atoms with Crippen LogP contribution in [0.4, 0.5) is 18.9 Å². The first kappa shape index (κ1) is 16.7. The summed E-state index contributed by atoms with van der Waals surface area (Å²) in [7, 11) is 0. The summed E-state index contributed by atoms with van der Waals surface area (Å²) in [5.41, 5.74) is 6.66. The second-order valence-electron chi connectivity index (χ2n) is 6.02. The van der Waals surface area contributed by atoms with Gasteiger partial charge in [0.2, 0.25) is 0 Å². The number of thiophene rings is 1. The van der Waals surface area contributed by atoms with E-state index < -0.39 is 11.7 Å². The van der Waals surface area contributed by atoms with Crippen molar-refractivity contribution < 1.29 is 13.2 Å². The normalized spacial score (nSPS) is 12.2. The highest BCUT2D eigenvalue weighted by Crippen LogP contribution is 2.45. The minimum Gasteiger partial charge on any atom is -0.397 e. The first-order valence-corrected chi connectivity index (χ1v) is 8.28. The van der Waals surface area contributed by atoms with Crippen LogP contribution in [0, 0.1) is 5.92 Å². The van der Waals surface area contributed by atoms with Gasteiger partial charge in [0.15, 0.2) is 0 Å². The Morgan fingerprint density at radius 2 is 1.88 bits per heavy atom. The molecule has 3 rings (SSSR count). The minimum atomic E-state index is -4.47. The number of nitrogens with zero attached hydrogens (tertiary/aromatic N) is 2. The van der Waals surface area contributed by atoms with E-state index in [4.69, 9.17) is 5.73 Å². The van der Waals surface area contributed by atoms with Crippen molar-refractivity contribution >= 4 is 27.2 Å². The largest absolute Gasteiger partial charge is 0.417 e. The number of hydrogen-bond acceptors (Lipinski definition) is 4. The average molecular weight is 351 g/mol. The molecule has 0 saturated heterocycles. The molecule has 24 heavy (non-hydrogen) atoms.